The lowest BCUT2D eigenvalue weighted by molar-refractivity contribution is 0.244. The number of nitrogens with one attached hydrogen (secondary N) is 1. The second-order valence-electron chi connectivity index (χ2n) is 5.38. The monoisotopic (exact) mass is 255 g/mol. The molecule has 3 nitrogen and oxygen atoms in total. The average Bonchev–Trinajstić information content (AvgIpc) is 2.46. The molecule has 1 aromatic carbocycles. The zero-order valence-corrected chi connectivity index (χ0v) is 11.5. The lowest BCUT2D eigenvalue weighted by Crippen LogP contribution is -2.44. The standard InChI is InChI=1S/C16H21N3/c1-13-10-15-11-14(2-3-16(15)18-12-13)4-7-19-8-5-17-6-9-19/h2-3,10-12,17H,4-9H2,1H3. The number of pyridine rings is 1. The van der Waals surface area contributed by atoms with Gasteiger partial charge < -0.3 is 10.2 Å². The van der Waals surface area contributed by atoms with Crippen molar-refractivity contribution in [3.63, 3.8) is 0 Å². The van der Waals surface area contributed by atoms with Gasteiger partial charge in [-0.25, -0.2) is 0 Å². The van der Waals surface area contributed by atoms with Crippen molar-refractivity contribution in [3.8, 4) is 0 Å². The Morgan fingerprint density at radius 3 is 2.89 bits per heavy atom. The predicted octanol–water partition coefficient (Wildman–Crippen LogP) is 1.99. The highest BCUT2D eigenvalue weighted by Gasteiger charge is 2.09. The second-order valence-corrected chi connectivity index (χ2v) is 5.38. The molecule has 1 aliphatic heterocycles. The molecule has 2 aromatic rings. The molecule has 1 aromatic heterocycles. The quantitative estimate of drug-likeness (QED) is 0.909. The van der Waals surface area contributed by atoms with Crippen LogP contribution in [-0.2, 0) is 6.42 Å². The normalized spacial score (nSPS) is 16.9. The lowest BCUT2D eigenvalue weighted by atomic mass is 10.1. The first-order valence-electron chi connectivity index (χ1n) is 7.10. The van der Waals surface area contributed by atoms with E-state index in [0.717, 1.165) is 31.6 Å². The topological polar surface area (TPSA) is 28.2 Å². The van der Waals surface area contributed by atoms with Crippen molar-refractivity contribution in [1.82, 2.24) is 15.2 Å². The zero-order valence-electron chi connectivity index (χ0n) is 11.5. The number of hydrogen-bond donors (Lipinski definition) is 1. The van der Waals surface area contributed by atoms with E-state index in [0.29, 0.717) is 0 Å². The smallest absolute Gasteiger partial charge is 0.0702 e. The molecule has 0 atom stereocenters. The van der Waals surface area contributed by atoms with Gasteiger partial charge in [-0.05, 0) is 42.7 Å². The van der Waals surface area contributed by atoms with Crippen LogP contribution in [0.3, 0.4) is 0 Å². The summed E-state index contributed by atoms with van der Waals surface area (Å²) in [5.41, 5.74) is 3.74. The number of aromatic nitrogens is 1. The highest BCUT2D eigenvalue weighted by molar-refractivity contribution is 5.79. The Morgan fingerprint density at radius 1 is 1.21 bits per heavy atom. The van der Waals surface area contributed by atoms with Gasteiger partial charge in [0.1, 0.15) is 0 Å². The molecule has 19 heavy (non-hydrogen) atoms. The minimum absolute atomic E-state index is 1.09. The fraction of sp³-hybridized carbons (Fsp3) is 0.438. The molecule has 1 aliphatic rings. The molecule has 0 amide bonds. The molecule has 0 aliphatic carbocycles. The molecule has 0 spiro atoms. The lowest BCUT2D eigenvalue weighted by Gasteiger charge is -2.27. The predicted molar refractivity (Wildman–Crippen MR) is 79.5 cm³/mol. The van der Waals surface area contributed by atoms with E-state index in [9.17, 15) is 0 Å². The van der Waals surface area contributed by atoms with Crippen molar-refractivity contribution in [2.75, 3.05) is 32.7 Å². The van der Waals surface area contributed by atoms with Gasteiger partial charge in [-0.2, -0.15) is 0 Å². The van der Waals surface area contributed by atoms with Crippen LogP contribution in [0.2, 0.25) is 0 Å². The van der Waals surface area contributed by atoms with Gasteiger partial charge in [0, 0.05) is 44.3 Å². The molecule has 0 radical (unpaired) electrons. The first kappa shape index (κ1) is 12.6. The highest BCUT2D eigenvalue weighted by Crippen LogP contribution is 2.16. The SMILES string of the molecule is Cc1cnc2ccc(CCN3CCNCC3)cc2c1. The van der Waals surface area contributed by atoms with Gasteiger partial charge in [0.05, 0.1) is 5.52 Å². The van der Waals surface area contributed by atoms with Crippen LogP contribution in [-0.4, -0.2) is 42.6 Å². The summed E-state index contributed by atoms with van der Waals surface area (Å²) in [5, 5.41) is 4.66. The van der Waals surface area contributed by atoms with Crippen LogP contribution >= 0.6 is 0 Å². The Bertz CT molecular complexity index is 559. The summed E-state index contributed by atoms with van der Waals surface area (Å²) in [6.07, 6.45) is 3.06. The van der Waals surface area contributed by atoms with E-state index in [-0.39, 0.29) is 0 Å². The van der Waals surface area contributed by atoms with Crippen LogP contribution in [0.1, 0.15) is 11.1 Å². The van der Waals surface area contributed by atoms with Gasteiger partial charge in [0.25, 0.3) is 0 Å². The Kier molecular flexibility index (Phi) is 3.76. The summed E-state index contributed by atoms with van der Waals surface area (Å²) in [6, 6.07) is 8.86. The Labute approximate surface area is 114 Å². The summed E-state index contributed by atoms with van der Waals surface area (Å²) in [7, 11) is 0. The maximum absolute atomic E-state index is 4.45. The third kappa shape index (κ3) is 3.11. The van der Waals surface area contributed by atoms with Crippen LogP contribution in [0.4, 0.5) is 0 Å². The second kappa shape index (κ2) is 5.68. The molecule has 0 saturated carbocycles. The van der Waals surface area contributed by atoms with E-state index in [1.807, 2.05) is 6.20 Å². The van der Waals surface area contributed by atoms with Gasteiger partial charge in [-0.3, -0.25) is 4.98 Å². The summed E-state index contributed by atoms with van der Waals surface area (Å²) in [4.78, 5) is 6.99. The van der Waals surface area contributed by atoms with Crippen molar-refractivity contribution in [2.45, 2.75) is 13.3 Å². The number of benzene rings is 1. The minimum Gasteiger partial charge on any atom is -0.314 e. The summed E-state index contributed by atoms with van der Waals surface area (Å²) in [6.45, 7) is 7.86. The van der Waals surface area contributed by atoms with E-state index < -0.39 is 0 Å². The van der Waals surface area contributed by atoms with Crippen molar-refractivity contribution in [1.29, 1.82) is 0 Å². The first-order chi connectivity index (χ1) is 9.31. The van der Waals surface area contributed by atoms with Gasteiger partial charge in [0.2, 0.25) is 0 Å². The number of nitrogens with zero attached hydrogens (tertiary/aromatic N) is 2. The average molecular weight is 255 g/mol. The van der Waals surface area contributed by atoms with E-state index in [2.05, 4.69) is 46.4 Å². The third-order valence-corrected chi connectivity index (χ3v) is 3.81. The molecule has 3 rings (SSSR count). The van der Waals surface area contributed by atoms with Crippen LogP contribution in [0, 0.1) is 6.92 Å². The van der Waals surface area contributed by atoms with Crippen molar-refractivity contribution in [3.05, 3.63) is 41.6 Å². The van der Waals surface area contributed by atoms with E-state index in [1.165, 1.54) is 29.6 Å². The number of rotatable bonds is 3. The van der Waals surface area contributed by atoms with Gasteiger partial charge in [-0.1, -0.05) is 6.07 Å². The molecule has 1 saturated heterocycles. The van der Waals surface area contributed by atoms with Crippen LogP contribution < -0.4 is 5.32 Å². The van der Waals surface area contributed by atoms with Crippen LogP contribution in [0.15, 0.2) is 30.5 Å². The van der Waals surface area contributed by atoms with E-state index in [1.54, 1.807) is 0 Å². The van der Waals surface area contributed by atoms with E-state index in [4.69, 9.17) is 0 Å². The Morgan fingerprint density at radius 2 is 2.05 bits per heavy atom. The van der Waals surface area contributed by atoms with Crippen molar-refractivity contribution < 1.29 is 0 Å². The number of piperazine rings is 1. The van der Waals surface area contributed by atoms with Crippen LogP contribution in [0.25, 0.3) is 10.9 Å². The molecule has 1 fully saturated rings. The number of fused-ring (bicyclic) bond motifs is 1. The largest absolute Gasteiger partial charge is 0.314 e. The van der Waals surface area contributed by atoms with Crippen molar-refractivity contribution >= 4 is 10.9 Å². The molecule has 2 heterocycles. The molecule has 3 heteroatoms. The Balaban J connectivity index is 1.70. The van der Waals surface area contributed by atoms with Gasteiger partial charge in [0.15, 0.2) is 0 Å². The Hall–Kier alpha value is -1.45. The number of hydrogen-bond acceptors (Lipinski definition) is 3. The van der Waals surface area contributed by atoms with Crippen molar-refractivity contribution in [2.24, 2.45) is 0 Å². The fourth-order valence-corrected chi connectivity index (χ4v) is 2.67. The molecule has 0 bridgehead atoms. The van der Waals surface area contributed by atoms with Gasteiger partial charge >= 0.3 is 0 Å². The number of aryl methyl sites for hydroxylation is 1. The third-order valence-electron chi connectivity index (χ3n) is 3.81. The molecular formula is C16H21N3. The first-order valence-corrected chi connectivity index (χ1v) is 7.10. The maximum Gasteiger partial charge on any atom is 0.0702 e. The fourth-order valence-electron chi connectivity index (χ4n) is 2.67. The molecular weight excluding hydrogens is 234 g/mol. The highest BCUT2D eigenvalue weighted by atomic mass is 15.2. The maximum atomic E-state index is 4.45. The summed E-state index contributed by atoms with van der Waals surface area (Å²) >= 11 is 0. The molecule has 1 N–H and O–H groups in total. The van der Waals surface area contributed by atoms with Crippen LogP contribution in [0.5, 0.6) is 0 Å². The van der Waals surface area contributed by atoms with E-state index >= 15 is 0 Å². The molecule has 0 unspecified atom stereocenters. The summed E-state index contributed by atoms with van der Waals surface area (Å²) in [5.74, 6) is 0. The summed E-state index contributed by atoms with van der Waals surface area (Å²) < 4.78 is 0. The molecule has 100 valence electrons. The minimum atomic E-state index is 1.09. The zero-order chi connectivity index (χ0) is 13.1. The van der Waals surface area contributed by atoms with Gasteiger partial charge in [-0.15, -0.1) is 0 Å².